The first-order valence-electron chi connectivity index (χ1n) is 8.88. The molecule has 1 N–H and O–H groups in total. The predicted molar refractivity (Wildman–Crippen MR) is 94.7 cm³/mol. The van der Waals surface area contributed by atoms with Gasteiger partial charge in [0.25, 0.3) is 0 Å². The summed E-state index contributed by atoms with van der Waals surface area (Å²) in [5.74, 6) is 0.156. The Bertz CT molecular complexity index is 956. The van der Waals surface area contributed by atoms with Crippen molar-refractivity contribution in [2.45, 2.75) is 25.3 Å². The van der Waals surface area contributed by atoms with Gasteiger partial charge in [0, 0.05) is 29.1 Å². The number of aromatic amines is 1. The molecule has 1 aliphatic heterocycles. The minimum Gasteiger partial charge on any atom is -0.356 e. The summed E-state index contributed by atoms with van der Waals surface area (Å²) in [6.07, 6.45) is 2.84. The molecule has 0 unspecified atom stereocenters. The van der Waals surface area contributed by atoms with Crippen LogP contribution in [0.2, 0.25) is 0 Å². The molecule has 3 nitrogen and oxygen atoms in total. The molecule has 1 saturated carbocycles. The van der Waals surface area contributed by atoms with Gasteiger partial charge in [-0.1, -0.05) is 30.3 Å². The van der Waals surface area contributed by atoms with Crippen LogP contribution in [0.3, 0.4) is 0 Å². The maximum Gasteiger partial charge on any atom is 0.226 e. The van der Waals surface area contributed by atoms with Crippen molar-refractivity contribution in [3.05, 3.63) is 71.2 Å². The van der Waals surface area contributed by atoms with Crippen LogP contribution in [0.15, 0.2) is 48.5 Å². The van der Waals surface area contributed by atoms with Gasteiger partial charge in [0.2, 0.25) is 5.91 Å². The first kappa shape index (κ1) is 14.7. The third kappa shape index (κ3) is 2.36. The van der Waals surface area contributed by atoms with Gasteiger partial charge in [-0.2, -0.15) is 0 Å². The Morgan fingerprint density at radius 2 is 1.84 bits per heavy atom. The number of carbonyl (C=O) groups excluding carboxylic acids is 1. The Morgan fingerprint density at radius 3 is 2.60 bits per heavy atom. The van der Waals surface area contributed by atoms with Crippen LogP contribution in [0.1, 0.15) is 35.7 Å². The van der Waals surface area contributed by atoms with Crippen LogP contribution in [-0.4, -0.2) is 22.3 Å². The van der Waals surface area contributed by atoms with Crippen molar-refractivity contribution >= 4 is 16.8 Å². The van der Waals surface area contributed by atoms with E-state index < -0.39 is 0 Å². The van der Waals surface area contributed by atoms with Gasteiger partial charge >= 0.3 is 0 Å². The van der Waals surface area contributed by atoms with Crippen molar-refractivity contribution in [3.63, 3.8) is 0 Å². The van der Waals surface area contributed by atoms with E-state index in [1.54, 1.807) is 12.1 Å². The molecule has 1 aromatic heterocycles. The number of halogens is 1. The van der Waals surface area contributed by atoms with Crippen LogP contribution < -0.4 is 0 Å². The largest absolute Gasteiger partial charge is 0.356 e. The van der Waals surface area contributed by atoms with E-state index in [9.17, 15) is 9.18 Å². The van der Waals surface area contributed by atoms with Gasteiger partial charge < -0.3 is 9.88 Å². The van der Waals surface area contributed by atoms with Crippen LogP contribution in [0, 0.1) is 11.7 Å². The molecule has 3 aromatic rings. The highest BCUT2D eigenvalue weighted by atomic mass is 19.1. The molecule has 0 bridgehead atoms. The number of aromatic nitrogens is 1. The highest BCUT2D eigenvalue weighted by molar-refractivity contribution is 5.87. The Morgan fingerprint density at radius 1 is 1.08 bits per heavy atom. The summed E-state index contributed by atoms with van der Waals surface area (Å²) in [4.78, 5) is 18.4. The molecule has 126 valence electrons. The first-order chi connectivity index (χ1) is 12.2. The normalized spacial score (nSPS) is 19.9. The smallest absolute Gasteiger partial charge is 0.226 e. The molecule has 4 heteroatoms. The summed E-state index contributed by atoms with van der Waals surface area (Å²) in [6, 6.07) is 14.7. The fraction of sp³-hybridized carbons (Fsp3) is 0.286. The Labute approximate surface area is 145 Å². The Hall–Kier alpha value is -2.62. The number of amides is 1. The highest BCUT2D eigenvalue weighted by Crippen LogP contribution is 2.41. The van der Waals surface area contributed by atoms with E-state index in [1.165, 1.54) is 23.1 Å². The standard InChI is InChI=1S/C21H19FN2O/c22-15-9-7-13(8-10-15)20-19-17(16-3-1-2-4-18(16)23-19)11-12-24(20)21(25)14-5-6-14/h1-4,7-10,14,20,23H,5-6,11-12H2/t20-/m1/s1. The first-order valence-corrected chi connectivity index (χ1v) is 8.88. The van der Waals surface area contributed by atoms with Crippen molar-refractivity contribution in [2.24, 2.45) is 5.92 Å². The quantitative estimate of drug-likeness (QED) is 0.749. The Kier molecular flexibility index (Phi) is 3.20. The average molecular weight is 334 g/mol. The molecule has 5 rings (SSSR count). The van der Waals surface area contributed by atoms with Gasteiger partial charge in [-0.15, -0.1) is 0 Å². The molecule has 1 aliphatic carbocycles. The van der Waals surface area contributed by atoms with Gasteiger partial charge in [0.1, 0.15) is 5.82 Å². The summed E-state index contributed by atoms with van der Waals surface area (Å²) in [7, 11) is 0. The molecule has 2 aliphatic rings. The number of fused-ring (bicyclic) bond motifs is 3. The van der Waals surface area contributed by atoms with Crippen LogP contribution in [-0.2, 0) is 11.2 Å². The zero-order valence-electron chi connectivity index (χ0n) is 13.8. The van der Waals surface area contributed by atoms with Crippen molar-refractivity contribution in [1.29, 1.82) is 0 Å². The second-order valence-corrected chi connectivity index (χ2v) is 7.07. The number of nitrogens with one attached hydrogen (secondary N) is 1. The number of H-pyrrole nitrogens is 1. The van der Waals surface area contributed by atoms with Crippen molar-refractivity contribution in [1.82, 2.24) is 9.88 Å². The lowest BCUT2D eigenvalue weighted by molar-refractivity contribution is -0.134. The molecule has 2 heterocycles. The van der Waals surface area contributed by atoms with Crippen molar-refractivity contribution in [3.8, 4) is 0 Å². The molecular weight excluding hydrogens is 315 g/mol. The van der Waals surface area contributed by atoms with Crippen LogP contribution in [0.25, 0.3) is 10.9 Å². The molecule has 0 saturated heterocycles. The fourth-order valence-electron chi connectivity index (χ4n) is 4.03. The molecule has 0 spiro atoms. The lowest BCUT2D eigenvalue weighted by Crippen LogP contribution is -2.41. The van der Waals surface area contributed by atoms with Gasteiger partial charge in [-0.05, 0) is 48.6 Å². The minimum absolute atomic E-state index is 0.162. The summed E-state index contributed by atoms with van der Waals surface area (Å²) in [5, 5.41) is 1.23. The van der Waals surface area contributed by atoms with E-state index >= 15 is 0 Å². The van der Waals surface area contributed by atoms with Crippen molar-refractivity contribution in [2.75, 3.05) is 6.54 Å². The van der Waals surface area contributed by atoms with E-state index in [2.05, 4.69) is 17.1 Å². The SMILES string of the molecule is O=C(C1CC1)N1CCc2c([nH]c3ccccc23)[C@H]1c1ccc(F)cc1. The maximum absolute atomic E-state index is 13.4. The number of hydrogen-bond donors (Lipinski definition) is 1. The van der Waals surface area contributed by atoms with E-state index in [-0.39, 0.29) is 23.7 Å². The molecule has 25 heavy (non-hydrogen) atoms. The van der Waals surface area contributed by atoms with E-state index in [0.717, 1.165) is 36.0 Å². The average Bonchev–Trinajstić information content (AvgIpc) is 3.42. The zero-order chi connectivity index (χ0) is 17.0. The minimum atomic E-state index is -0.253. The number of benzene rings is 2. The van der Waals surface area contributed by atoms with Crippen LogP contribution in [0.4, 0.5) is 4.39 Å². The predicted octanol–water partition coefficient (Wildman–Crippen LogP) is 4.19. The summed E-state index contributed by atoms with van der Waals surface area (Å²) in [6.45, 7) is 0.715. The number of hydrogen-bond acceptors (Lipinski definition) is 1. The second-order valence-electron chi connectivity index (χ2n) is 7.07. The van der Waals surface area contributed by atoms with Gasteiger partial charge in [0.15, 0.2) is 0 Å². The fourth-order valence-corrected chi connectivity index (χ4v) is 4.03. The highest BCUT2D eigenvalue weighted by Gasteiger charge is 2.40. The topological polar surface area (TPSA) is 36.1 Å². The third-order valence-electron chi connectivity index (χ3n) is 5.43. The van der Waals surface area contributed by atoms with Gasteiger partial charge in [-0.25, -0.2) is 4.39 Å². The monoisotopic (exact) mass is 334 g/mol. The summed E-state index contributed by atoms with van der Waals surface area (Å²) in [5.41, 5.74) is 4.42. The number of para-hydroxylation sites is 1. The zero-order valence-corrected chi connectivity index (χ0v) is 13.8. The summed E-state index contributed by atoms with van der Waals surface area (Å²) < 4.78 is 13.4. The lowest BCUT2D eigenvalue weighted by Gasteiger charge is -2.36. The molecule has 1 fully saturated rings. The van der Waals surface area contributed by atoms with Crippen LogP contribution in [0.5, 0.6) is 0 Å². The molecule has 1 atom stereocenters. The van der Waals surface area contributed by atoms with E-state index in [1.807, 2.05) is 17.0 Å². The lowest BCUT2D eigenvalue weighted by atomic mass is 9.92. The molecular formula is C21H19FN2O. The van der Waals surface area contributed by atoms with Crippen molar-refractivity contribution < 1.29 is 9.18 Å². The molecule has 2 aromatic carbocycles. The molecule has 0 radical (unpaired) electrons. The van der Waals surface area contributed by atoms with E-state index in [4.69, 9.17) is 0 Å². The van der Waals surface area contributed by atoms with E-state index in [0.29, 0.717) is 6.54 Å². The van der Waals surface area contributed by atoms with Gasteiger partial charge in [-0.3, -0.25) is 4.79 Å². The number of carbonyl (C=O) groups is 1. The summed E-state index contributed by atoms with van der Waals surface area (Å²) >= 11 is 0. The van der Waals surface area contributed by atoms with Crippen LogP contribution >= 0.6 is 0 Å². The molecule has 1 amide bonds. The number of rotatable bonds is 2. The second kappa shape index (κ2) is 5.45. The maximum atomic E-state index is 13.4. The number of nitrogens with zero attached hydrogens (tertiary/aromatic N) is 1. The third-order valence-corrected chi connectivity index (χ3v) is 5.43. The Balaban J connectivity index is 1.68. The van der Waals surface area contributed by atoms with Gasteiger partial charge in [0.05, 0.1) is 6.04 Å².